The summed E-state index contributed by atoms with van der Waals surface area (Å²) in [7, 11) is 0. The monoisotopic (exact) mass is 755 g/mol. The van der Waals surface area contributed by atoms with Crippen molar-refractivity contribution >= 4 is 34.4 Å². The molecule has 0 saturated carbocycles. The molecule has 20 heteroatoms. The molecule has 12 nitrogen and oxygen atoms in total. The van der Waals surface area contributed by atoms with Gasteiger partial charge in [0.2, 0.25) is 0 Å². The van der Waals surface area contributed by atoms with Crippen LogP contribution < -0.4 is 15.4 Å². The fourth-order valence-corrected chi connectivity index (χ4v) is 4.00. The topological polar surface area (TPSA) is 142 Å². The minimum absolute atomic E-state index is 0.00970. The van der Waals surface area contributed by atoms with E-state index in [1.165, 1.54) is 29.2 Å². The SMILES string of the molecule is O=C(NCc1cc(OC(F)(F)F)ccc1F)c1cn(CCC(F)Cn2cc(C(=O)NCc3ccc(C(F)(F)I)cn3)nn2)nn1. The fraction of sp³-hybridized carbons (Fsp3) is 0.320. The van der Waals surface area contributed by atoms with Gasteiger partial charge in [0.05, 0.1) is 31.2 Å². The molecule has 0 fully saturated rings. The molecule has 0 radical (unpaired) electrons. The highest BCUT2D eigenvalue weighted by Gasteiger charge is 2.31. The van der Waals surface area contributed by atoms with Gasteiger partial charge in [-0.3, -0.25) is 19.3 Å². The van der Waals surface area contributed by atoms with Crippen molar-refractivity contribution in [1.82, 2.24) is 45.6 Å². The highest BCUT2D eigenvalue weighted by Crippen LogP contribution is 2.34. The number of benzene rings is 1. The first-order valence-corrected chi connectivity index (χ1v) is 13.8. The maximum absolute atomic E-state index is 14.6. The Bertz CT molecular complexity index is 1630. The molecule has 1 unspecified atom stereocenters. The Kier molecular flexibility index (Phi) is 10.5. The van der Waals surface area contributed by atoms with Crippen LogP contribution in [0, 0.1) is 5.82 Å². The number of nitrogens with zero attached hydrogens (tertiary/aromatic N) is 7. The van der Waals surface area contributed by atoms with Crippen LogP contribution in [-0.4, -0.2) is 59.3 Å². The van der Waals surface area contributed by atoms with E-state index in [2.05, 4.69) is 41.0 Å². The molecule has 0 spiro atoms. The number of ether oxygens (including phenoxy) is 1. The number of hydrogen-bond acceptors (Lipinski definition) is 8. The molecule has 45 heavy (non-hydrogen) atoms. The molecule has 1 atom stereocenters. The van der Waals surface area contributed by atoms with Crippen LogP contribution in [0.5, 0.6) is 5.75 Å². The van der Waals surface area contributed by atoms with Gasteiger partial charge in [-0.15, -0.1) is 23.4 Å². The Labute approximate surface area is 262 Å². The predicted molar refractivity (Wildman–Crippen MR) is 147 cm³/mol. The first kappa shape index (κ1) is 33.5. The standard InChI is InChI=1S/C25H21F7IN9O3/c26-16(11-42-13-21(38-40-42)23(44)36-10-17-2-1-15(9-34-17)24(28,29)33)5-6-41-12-20(37-39-41)22(43)35-8-14-7-18(3-4-19(14)27)45-25(30,31)32/h1-4,7,9,12-13,16H,5-6,8,10-11H2,(H,35,43)(H,36,44). The van der Waals surface area contributed by atoms with Crippen LogP contribution >= 0.6 is 22.6 Å². The van der Waals surface area contributed by atoms with Gasteiger partial charge in [-0.2, -0.15) is 8.78 Å². The molecule has 0 saturated heterocycles. The summed E-state index contributed by atoms with van der Waals surface area (Å²) in [4.78, 5) is 28.6. The first-order valence-electron chi connectivity index (χ1n) is 12.7. The zero-order valence-corrected chi connectivity index (χ0v) is 24.8. The number of rotatable bonds is 13. The molecule has 3 aromatic heterocycles. The quantitative estimate of drug-likeness (QED) is 0.118. The summed E-state index contributed by atoms with van der Waals surface area (Å²) in [6, 6.07) is 4.89. The second-order valence-corrected chi connectivity index (χ2v) is 10.6. The molecule has 0 aliphatic heterocycles. The number of carbonyl (C=O) groups excluding carboxylic acids is 2. The van der Waals surface area contributed by atoms with Gasteiger partial charge in [0.1, 0.15) is 17.7 Å². The highest BCUT2D eigenvalue weighted by atomic mass is 127. The van der Waals surface area contributed by atoms with Crippen molar-refractivity contribution in [3.63, 3.8) is 0 Å². The normalized spacial score (nSPS) is 12.5. The van der Waals surface area contributed by atoms with Gasteiger partial charge in [-0.1, -0.05) is 10.4 Å². The van der Waals surface area contributed by atoms with Crippen molar-refractivity contribution in [1.29, 1.82) is 0 Å². The van der Waals surface area contributed by atoms with Crippen LogP contribution in [0.25, 0.3) is 0 Å². The molecule has 240 valence electrons. The number of nitrogens with one attached hydrogen (secondary N) is 2. The molecule has 0 bridgehead atoms. The van der Waals surface area contributed by atoms with Gasteiger partial charge in [0.15, 0.2) is 11.4 Å². The molecule has 4 rings (SSSR count). The van der Waals surface area contributed by atoms with E-state index in [0.717, 1.165) is 51.7 Å². The summed E-state index contributed by atoms with van der Waals surface area (Å²) in [5.74, 6) is -2.97. The van der Waals surface area contributed by atoms with E-state index < -0.39 is 46.4 Å². The van der Waals surface area contributed by atoms with Crippen LogP contribution in [0.15, 0.2) is 48.9 Å². The number of hydrogen-bond donors (Lipinski definition) is 2. The zero-order valence-electron chi connectivity index (χ0n) is 22.6. The number of pyridine rings is 1. The van der Waals surface area contributed by atoms with Crippen LogP contribution in [0.3, 0.4) is 0 Å². The number of amides is 2. The van der Waals surface area contributed by atoms with Gasteiger partial charge in [-0.05, 0) is 30.3 Å². The van der Waals surface area contributed by atoms with Crippen molar-refractivity contribution in [3.8, 4) is 5.75 Å². The smallest absolute Gasteiger partial charge is 0.406 e. The Morgan fingerprint density at radius 3 is 2.20 bits per heavy atom. The van der Waals surface area contributed by atoms with E-state index in [-0.39, 0.29) is 48.6 Å². The van der Waals surface area contributed by atoms with Crippen LogP contribution in [0.4, 0.5) is 30.7 Å². The van der Waals surface area contributed by atoms with Crippen molar-refractivity contribution in [2.45, 2.75) is 49.1 Å². The lowest BCUT2D eigenvalue weighted by Gasteiger charge is -2.11. The Morgan fingerprint density at radius 2 is 1.58 bits per heavy atom. The van der Waals surface area contributed by atoms with Crippen LogP contribution in [0.1, 0.15) is 44.2 Å². The Balaban J connectivity index is 1.21. The number of carbonyl (C=O) groups is 2. The summed E-state index contributed by atoms with van der Waals surface area (Å²) >= 11 is 0.979. The summed E-state index contributed by atoms with van der Waals surface area (Å²) in [6.45, 7) is -0.812. The average molecular weight is 755 g/mol. The molecule has 0 aliphatic carbocycles. The largest absolute Gasteiger partial charge is 0.573 e. The van der Waals surface area contributed by atoms with Crippen molar-refractivity contribution in [2.75, 3.05) is 0 Å². The van der Waals surface area contributed by atoms with Crippen LogP contribution in [-0.2, 0) is 30.1 Å². The maximum Gasteiger partial charge on any atom is 0.573 e. The lowest BCUT2D eigenvalue weighted by Crippen LogP contribution is -2.24. The van der Waals surface area contributed by atoms with Gasteiger partial charge >= 0.3 is 10.3 Å². The highest BCUT2D eigenvalue weighted by molar-refractivity contribution is 14.1. The third-order valence-corrected chi connectivity index (χ3v) is 6.49. The van der Waals surface area contributed by atoms with E-state index in [9.17, 15) is 40.3 Å². The van der Waals surface area contributed by atoms with Gasteiger partial charge < -0.3 is 15.4 Å². The van der Waals surface area contributed by atoms with E-state index in [0.29, 0.717) is 5.69 Å². The molecule has 0 aliphatic rings. The minimum atomic E-state index is -4.97. The third-order valence-electron chi connectivity index (χ3n) is 5.87. The van der Waals surface area contributed by atoms with E-state index in [1.807, 2.05) is 0 Å². The first-order chi connectivity index (χ1) is 21.2. The molecule has 3 heterocycles. The number of halogens is 8. The fourth-order valence-electron chi connectivity index (χ4n) is 3.68. The molecule has 4 aromatic rings. The van der Waals surface area contributed by atoms with Crippen molar-refractivity contribution in [2.24, 2.45) is 0 Å². The third kappa shape index (κ3) is 10.1. The summed E-state index contributed by atoms with van der Waals surface area (Å²) in [6.07, 6.45) is -3.11. The summed E-state index contributed by atoms with van der Waals surface area (Å²) in [5.41, 5.74) is -0.523. The second kappa shape index (κ2) is 14.2. The summed E-state index contributed by atoms with van der Waals surface area (Å²) < 4.78 is 95.3. The number of aromatic nitrogens is 7. The molecule has 2 amide bonds. The molecular formula is C25H21F7IN9O3. The second-order valence-electron chi connectivity index (χ2n) is 9.28. The Morgan fingerprint density at radius 1 is 0.933 bits per heavy atom. The maximum atomic E-state index is 14.6. The minimum Gasteiger partial charge on any atom is -0.406 e. The molecular weight excluding hydrogens is 734 g/mol. The lowest BCUT2D eigenvalue weighted by atomic mass is 10.2. The predicted octanol–water partition coefficient (Wildman–Crippen LogP) is 4.08. The summed E-state index contributed by atoms with van der Waals surface area (Å²) in [5, 5.41) is 19.6. The van der Waals surface area contributed by atoms with Crippen molar-refractivity contribution < 1.29 is 45.1 Å². The Hall–Kier alpha value is -4.37. The van der Waals surface area contributed by atoms with Crippen LogP contribution in [0.2, 0.25) is 0 Å². The average Bonchev–Trinajstić information content (AvgIpc) is 3.64. The van der Waals surface area contributed by atoms with Gasteiger partial charge in [0.25, 0.3) is 11.8 Å². The van der Waals surface area contributed by atoms with E-state index in [4.69, 9.17) is 0 Å². The zero-order chi connectivity index (χ0) is 32.8. The van der Waals surface area contributed by atoms with Crippen molar-refractivity contribution in [3.05, 3.63) is 82.9 Å². The van der Waals surface area contributed by atoms with E-state index in [1.54, 1.807) is 0 Å². The number of aryl methyl sites for hydroxylation is 1. The lowest BCUT2D eigenvalue weighted by molar-refractivity contribution is -0.274. The molecule has 2 N–H and O–H groups in total. The molecule has 1 aromatic carbocycles. The van der Waals surface area contributed by atoms with Gasteiger partial charge in [0, 0.05) is 59.4 Å². The number of alkyl halides is 7. The van der Waals surface area contributed by atoms with Gasteiger partial charge in [-0.25, -0.2) is 13.5 Å². The van der Waals surface area contributed by atoms with E-state index >= 15 is 0 Å².